The Bertz CT molecular complexity index is 760. The van der Waals surface area contributed by atoms with E-state index < -0.39 is 0 Å². The number of rotatable bonds is 7. The third kappa shape index (κ3) is 6.76. The second-order valence-electron chi connectivity index (χ2n) is 5.85. The number of nitrogens with two attached hydrogens (primary N) is 1. The molecule has 0 aromatic heterocycles. The molecule has 2 aromatic rings. The van der Waals surface area contributed by atoms with Gasteiger partial charge in [-0.05, 0) is 56.3 Å². The van der Waals surface area contributed by atoms with Crippen molar-refractivity contribution >= 4 is 33.5 Å². The van der Waals surface area contributed by atoms with E-state index >= 15 is 0 Å². The fourth-order valence-electron chi connectivity index (χ4n) is 2.15. The van der Waals surface area contributed by atoms with Gasteiger partial charge in [0.25, 0.3) is 5.91 Å². The summed E-state index contributed by atoms with van der Waals surface area (Å²) in [7, 11) is 0. The molecule has 0 unspecified atom stereocenters. The van der Waals surface area contributed by atoms with Gasteiger partial charge in [0.15, 0.2) is 5.96 Å². The molecule has 2 aromatic carbocycles. The molecule has 0 fully saturated rings. The van der Waals surface area contributed by atoms with Crippen molar-refractivity contribution in [1.29, 1.82) is 0 Å². The van der Waals surface area contributed by atoms with Crippen molar-refractivity contribution in [2.75, 3.05) is 18.4 Å². The van der Waals surface area contributed by atoms with Crippen LogP contribution in [0.15, 0.2) is 58.0 Å². The number of aliphatic imine (C=N–C) groups is 1. The molecule has 0 aliphatic carbocycles. The number of anilines is 1. The molecule has 0 saturated heterocycles. The molecule has 7 heteroatoms. The van der Waals surface area contributed by atoms with Gasteiger partial charge in [0.1, 0.15) is 5.75 Å². The topological polar surface area (TPSA) is 88.7 Å². The fraction of sp³-hybridized carbons (Fsp3) is 0.263. The first kappa shape index (κ1) is 19.8. The SMILES string of the molecule is CC(C)Oc1ccc(NC(N)=NCCNC(=O)c2cccc(Br)c2)cc1. The molecule has 0 spiro atoms. The van der Waals surface area contributed by atoms with Gasteiger partial charge in [-0.15, -0.1) is 0 Å². The molecule has 1 amide bonds. The predicted molar refractivity (Wildman–Crippen MR) is 109 cm³/mol. The summed E-state index contributed by atoms with van der Waals surface area (Å²) in [6, 6.07) is 14.7. The Kier molecular flexibility index (Phi) is 7.47. The highest BCUT2D eigenvalue weighted by Gasteiger charge is 2.04. The third-order valence-electron chi connectivity index (χ3n) is 3.26. The van der Waals surface area contributed by atoms with Crippen LogP contribution in [0.1, 0.15) is 24.2 Å². The lowest BCUT2D eigenvalue weighted by atomic mass is 10.2. The molecule has 0 radical (unpaired) electrons. The Labute approximate surface area is 162 Å². The summed E-state index contributed by atoms with van der Waals surface area (Å²) in [6.45, 7) is 4.74. The number of ether oxygens (including phenoxy) is 1. The Morgan fingerprint density at radius 3 is 2.62 bits per heavy atom. The summed E-state index contributed by atoms with van der Waals surface area (Å²) >= 11 is 3.34. The van der Waals surface area contributed by atoms with Crippen molar-refractivity contribution in [2.24, 2.45) is 10.7 Å². The highest BCUT2D eigenvalue weighted by Crippen LogP contribution is 2.16. The van der Waals surface area contributed by atoms with E-state index in [1.807, 2.05) is 50.2 Å². The number of guanidine groups is 1. The number of carbonyl (C=O) groups excluding carboxylic acids is 1. The molecule has 0 aliphatic heterocycles. The van der Waals surface area contributed by atoms with Gasteiger partial charge in [-0.3, -0.25) is 9.79 Å². The maximum Gasteiger partial charge on any atom is 0.251 e. The minimum absolute atomic E-state index is 0.132. The lowest BCUT2D eigenvalue weighted by Gasteiger charge is -2.11. The quantitative estimate of drug-likeness (QED) is 0.365. The lowest BCUT2D eigenvalue weighted by Crippen LogP contribution is -2.28. The molecule has 0 bridgehead atoms. The van der Waals surface area contributed by atoms with Crippen LogP contribution in [0, 0.1) is 0 Å². The first-order valence-electron chi connectivity index (χ1n) is 8.31. The molecule has 6 nitrogen and oxygen atoms in total. The number of nitrogens with one attached hydrogen (secondary N) is 2. The minimum atomic E-state index is -0.145. The molecule has 26 heavy (non-hydrogen) atoms. The van der Waals surface area contributed by atoms with Crippen LogP contribution >= 0.6 is 15.9 Å². The molecule has 0 heterocycles. The number of carbonyl (C=O) groups is 1. The number of hydrogen-bond acceptors (Lipinski definition) is 3. The number of amides is 1. The molecular weight excluding hydrogens is 396 g/mol. The Morgan fingerprint density at radius 1 is 1.23 bits per heavy atom. The average Bonchev–Trinajstić information content (AvgIpc) is 2.60. The molecular formula is C19H23BrN4O2. The van der Waals surface area contributed by atoms with Gasteiger partial charge in [0.2, 0.25) is 0 Å². The van der Waals surface area contributed by atoms with Gasteiger partial charge in [0, 0.05) is 22.3 Å². The zero-order valence-electron chi connectivity index (χ0n) is 14.8. The second kappa shape index (κ2) is 9.82. The van der Waals surface area contributed by atoms with Crippen LogP contribution in [0.5, 0.6) is 5.75 Å². The number of hydrogen-bond donors (Lipinski definition) is 3. The van der Waals surface area contributed by atoms with Gasteiger partial charge in [-0.1, -0.05) is 22.0 Å². The Hall–Kier alpha value is -2.54. The number of halogens is 1. The van der Waals surface area contributed by atoms with Crippen molar-refractivity contribution in [3.05, 3.63) is 58.6 Å². The van der Waals surface area contributed by atoms with Gasteiger partial charge in [-0.25, -0.2) is 0 Å². The van der Waals surface area contributed by atoms with Crippen LogP contribution < -0.4 is 21.1 Å². The van der Waals surface area contributed by atoms with Gasteiger partial charge in [0.05, 0.1) is 12.6 Å². The van der Waals surface area contributed by atoms with E-state index in [0.717, 1.165) is 15.9 Å². The monoisotopic (exact) mass is 418 g/mol. The average molecular weight is 419 g/mol. The van der Waals surface area contributed by atoms with E-state index in [1.165, 1.54) is 0 Å². The zero-order chi connectivity index (χ0) is 18.9. The van der Waals surface area contributed by atoms with Crippen molar-refractivity contribution in [2.45, 2.75) is 20.0 Å². The first-order chi connectivity index (χ1) is 12.4. The molecule has 138 valence electrons. The fourth-order valence-corrected chi connectivity index (χ4v) is 2.55. The molecule has 2 rings (SSSR count). The summed E-state index contributed by atoms with van der Waals surface area (Å²) in [4.78, 5) is 16.2. The first-order valence-corrected chi connectivity index (χ1v) is 9.11. The van der Waals surface area contributed by atoms with Crippen molar-refractivity contribution in [3.8, 4) is 5.75 Å². The van der Waals surface area contributed by atoms with E-state index in [1.54, 1.807) is 12.1 Å². The van der Waals surface area contributed by atoms with E-state index in [2.05, 4.69) is 31.6 Å². The largest absolute Gasteiger partial charge is 0.491 e. The van der Waals surface area contributed by atoms with Crippen LogP contribution in [0.2, 0.25) is 0 Å². The zero-order valence-corrected chi connectivity index (χ0v) is 16.4. The lowest BCUT2D eigenvalue weighted by molar-refractivity contribution is 0.0954. The maximum absolute atomic E-state index is 12.0. The minimum Gasteiger partial charge on any atom is -0.491 e. The van der Waals surface area contributed by atoms with E-state index in [-0.39, 0.29) is 12.0 Å². The van der Waals surface area contributed by atoms with Crippen LogP contribution in [0.3, 0.4) is 0 Å². The van der Waals surface area contributed by atoms with Gasteiger partial charge in [-0.2, -0.15) is 0 Å². The van der Waals surface area contributed by atoms with Crippen molar-refractivity contribution in [3.63, 3.8) is 0 Å². The Morgan fingerprint density at radius 2 is 1.96 bits per heavy atom. The normalized spacial score (nSPS) is 11.3. The van der Waals surface area contributed by atoms with Crippen molar-refractivity contribution < 1.29 is 9.53 Å². The standard InChI is InChI=1S/C19H23BrN4O2/c1-13(2)26-17-8-6-16(7-9-17)24-19(21)23-11-10-22-18(25)14-4-3-5-15(20)12-14/h3-9,12-13H,10-11H2,1-2H3,(H,22,25)(H3,21,23,24). The van der Waals surface area contributed by atoms with E-state index in [9.17, 15) is 4.79 Å². The third-order valence-corrected chi connectivity index (χ3v) is 3.76. The van der Waals surface area contributed by atoms with Crippen LogP contribution in [0.4, 0.5) is 5.69 Å². The molecule has 4 N–H and O–H groups in total. The molecule has 0 atom stereocenters. The van der Waals surface area contributed by atoms with Crippen LogP contribution in [-0.2, 0) is 0 Å². The van der Waals surface area contributed by atoms with E-state index in [4.69, 9.17) is 10.5 Å². The number of nitrogens with zero attached hydrogens (tertiary/aromatic N) is 1. The summed E-state index contributed by atoms with van der Waals surface area (Å²) < 4.78 is 6.45. The number of benzene rings is 2. The highest BCUT2D eigenvalue weighted by molar-refractivity contribution is 9.10. The predicted octanol–water partition coefficient (Wildman–Crippen LogP) is 3.39. The summed E-state index contributed by atoms with van der Waals surface area (Å²) in [5.41, 5.74) is 7.28. The highest BCUT2D eigenvalue weighted by atomic mass is 79.9. The molecule has 0 aliphatic rings. The molecule has 0 saturated carbocycles. The summed E-state index contributed by atoms with van der Waals surface area (Å²) in [5, 5.41) is 5.81. The van der Waals surface area contributed by atoms with E-state index in [0.29, 0.717) is 24.6 Å². The smallest absolute Gasteiger partial charge is 0.251 e. The maximum atomic E-state index is 12.0. The summed E-state index contributed by atoms with van der Waals surface area (Å²) in [5.74, 6) is 0.948. The second-order valence-corrected chi connectivity index (χ2v) is 6.76. The Balaban J connectivity index is 1.76. The van der Waals surface area contributed by atoms with Gasteiger partial charge >= 0.3 is 0 Å². The van der Waals surface area contributed by atoms with Crippen molar-refractivity contribution in [1.82, 2.24) is 5.32 Å². The van der Waals surface area contributed by atoms with Gasteiger partial charge < -0.3 is 21.1 Å². The van der Waals surface area contributed by atoms with Crippen LogP contribution in [0.25, 0.3) is 0 Å². The van der Waals surface area contributed by atoms with Crippen LogP contribution in [-0.4, -0.2) is 31.1 Å². The summed E-state index contributed by atoms with van der Waals surface area (Å²) in [6.07, 6.45) is 0.132.